The molecule has 1 fully saturated rings. The van der Waals surface area contributed by atoms with Gasteiger partial charge in [-0.15, -0.1) is 0 Å². The smallest absolute Gasteiger partial charge is 0.120 e. The molecular formula is C11H14INO. The first-order valence-corrected chi connectivity index (χ1v) is 6.37. The van der Waals surface area contributed by atoms with Gasteiger partial charge in [0.15, 0.2) is 0 Å². The zero-order chi connectivity index (χ0) is 9.97. The SMILES string of the molecule is NC1CC(Oc2cccc(CI)c2)C1. The van der Waals surface area contributed by atoms with Gasteiger partial charge in [-0.2, -0.15) is 0 Å². The van der Waals surface area contributed by atoms with Crippen molar-refractivity contribution in [3.63, 3.8) is 0 Å². The van der Waals surface area contributed by atoms with Crippen molar-refractivity contribution in [1.82, 2.24) is 0 Å². The van der Waals surface area contributed by atoms with Crippen LogP contribution in [0.15, 0.2) is 24.3 Å². The monoisotopic (exact) mass is 303 g/mol. The normalized spacial score (nSPS) is 25.6. The zero-order valence-electron chi connectivity index (χ0n) is 7.95. The van der Waals surface area contributed by atoms with E-state index in [1.807, 2.05) is 12.1 Å². The van der Waals surface area contributed by atoms with Crippen LogP contribution in [0.2, 0.25) is 0 Å². The number of nitrogens with two attached hydrogens (primary N) is 1. The Kier molecular flexibility index (Phi) is 3.28. The van der Waals surface area contributed by atoms with Gasteiger partial charge in [-0.3, -0.25) is 0 Å². The summed E-state index contributed by atoms with van der Waals surface area (Å²) < 4.78 is 6.81. The Morgan fingerprint density at radius 2 is 2.21 bits per heavy atom. The van der Waals surface area contributed by atoms with Crippen LogP contribution < -0.4 is 10.5 Å². The van der Waals surface area contributed by atoms with Crippen LogP contribution in [-0.2, 0) is 4.43 Å². The van der Waals surface area contributed by atoms with Gasteiger partial charge in [0.05, 0.1) is 0 Å². The molecule has 0 saturated heterocycles. The summed E-state index contributed by atoms with van der Waals surface area (Å²) in [5.41, 5.74) is 7.01. The van der Waals surface area contributed by atoms with Crippen LogP contribution in [0.1, 0.15) is 18.4 Å². The molecule has 0 unspecified atom stereocenters. The largest absolute Gasteiger partial charge is 0.490 e. The van der Waals surface area contributed by atoms with Crippen LogP contribution in [0.4, 0.5) is 0 Å². The first kappa shape index (κ1) is 10.2. The second-order valence-electron chi connectivity index (χ2n) is 3.75. The van der Waals surface area contributed by atoms with Gasteiger partial charge in [0, 0.05) is 10.5 Å². The second kappa shape index (κ2) is 4.49. The second-order valence-corrected chi connectivity index (χ2v) is 4.52. The molecule has 0 radical (unpaired) electrons. The van der Waals surface area contributed by atoms with E-state index in [-0.39, 0.29) is 0 Å². The molecule has 2 rings (SSSR count). The topological polar surface area (TPSA) is 35.2 Å². The molecule has 0 amide bonds. The van der Waals surface area contributed by atoms with Gasteiger partial charge < -0.3 is 10.5 Å². The summed E-state index contributed by atoms with van der Waals surface area (Å²) in [6, 6.07) is 8.64. The first-order valence-electron chi connectivity index (χ1n) is 4.85. The summed E-state index contributed by atoms with van der Waals surface area (Å²) in [6.07, 6.45) is 2.33. The Hall–Kier alpha value is -0.290. The molecule has 0 bridgehead atoms. The first-order chi connectivity index (χ1) is 6.78. The standard InChI is InChI=1S/C11H14INO/c12-7-8-2-1-3-10(4-8)14-11-5-9(13)6-11/h1-4,9,11H,5-7,13H2. The Morgan fingerprint density at radius 3 is 2.86 bits per heavy atom. The average Bonchev–Trinajstić information content (AvgIpc) is 2.16. The Labute approximate surface area is 98.0 Å². The van der Waals surface area contributed by atoms with Crippen LogP contribution >= 0.6 is 22.6 Å². The Bertz CT molecular complexity index is 310. The van der Waals surface area contributed by atoms with E-state index in [9.17, 15) is 0 Å². The summed E-state index contributed by atoms with van der Waals surface area (Å²) in [5.74, 6) is 0.982. The molecular weight excluding hydrogens is 289 g/mol. The third-order valence-corrected chi connectivity index (χ3v) is 3.37. The van der Waals surface area contributed by atoms with Crippen molar-refractivity contribution in [2.45, 2.75) is 29.4 Å². The van der Waals surface area contributed by atoms with E-state index in [1.165, 1.54) is 5.56 Å². The van der Waals surface area contributed by atoms with Crippen LogP contribution in [0.25, 0.3) is 0 Å². The van der Waals surface area contributed by atoms with Gasteiger partial charge in [0.25, 0.3) is 0 Å². The lowest BCUT2D eigenvalue weighted by Crippen LogP contribution is -2.43. The fraction of sp³-hybridized carbons (Fsp3) is 0.455. The lowest BCUT2D eigenvalue weighted by molar-refractivity contribution is 0.101. The van der Waals surface area contributed by atoms with Gasteiger partial charge in [-0.05, 0) is 30.5 Å². The summed E-state index contributed by atoms with van der Waals surface area (Å²) in [6.45, 7) is 0. The number of benzene rings is 1. The highest BCUT2D eigenvalue weighted by atomic mass is 127. The van der Waals surface area contributed by atoms with Crippen molar-refractivity contribution >= 4 is 22.6 Å². The quantitative estimate of drug-likeness (QED) is 0.688. The molecule has 0 heterocycles. The lowest BCUT2D eigenvalue weighted by Gasteiger charge is -2.32. The number of hydrogen-bond acceptors (Lipinski definition) is 2. The van der Waals surface area contributed by atoms with Crippen molar-refractivity contribution in [3.05, 3.63) is 29.8 Å². The molecule has 76 valence electrons. The molecule has 0 atom stereocenters. The maximum absolute atomic E-state index is 5.78. The van der Waals surface area contributed by atoms with Crippen molar-refractivity contribution in [1.29, 1.82) is 0 Å². The molecule has 0 aromatic heterocycles. The molecule has 0 spiro atoms. The van der Waals surface area contributed by atoms with E-state index in [1.54, 1.807) is 0 Å². The minimum atomic E-state index is 0.342. The van der Waals surface area contributed by atoms with Crippen LogP contribution in [-0.4, -0.2) is 12.1 Å². The fourth-order valence-electron chi connectivity index (χ4n) is 1.60. The molecule has 1 aromatic carbocycles. The molecule has 1 aromatic rings. The van der Waals surface area contributed by atoms with E-state index in [0.717, 1.165) is 23.0 Å². The molecule has 14 heavy (non-hydrogen) atoms. The predicted octanol–water partition coefficient (Wildman–Crippen LogP) is 2.49. The highest BCUT2D eigenvalue weighted by molar-refractivity contribution is 14.1. The van der Waals surface area contributed by atoms with Crippen LogP contribution in [0.3, 0.4) is 0 Å². The van der Waals surface area contributed by atoms with E-state index in [4.69, 9.17) is 10.5 Å². The zero-order valence-corrected chi connectivity index (χ0v) is 10.1. The van der Waals surface area contributed by atoms with E-state index in [2.05, 4.69) is 34.7 Å². The third-order valence-electron chi connectivity index (χ3n) is 2.49. The summed E-state index contributed by atoms with van der Waals surface area (Å²) in [4.78, 5) is 0. The maximum atomic E-state index is 5.78. The lowest BCUT2D eigenvalue weighted by atomic mass is 9.90. The number of halogens is 1. The summed E-state index contributed by atoms with van der Waals surface area (Å²) >= 11 is 2.35. The third kappa shape index (κ3) is 2.39. The molecule has 1 saturated carbocycles. The molecule has 2 N–H and O–H groups in total. The van der Waals surface area contributed by atoms with Crippen LogP contribution in [0.5, 0.6) is 5.75 Å². The van der Waals surface area contributed by atoms with Gasteiger partial charge in [-0.25, -0.2) is 0 Å². The molecule has 3 heteroatoms. The molecule has 2 nitrogen and oxygen atoms in total. The fourth-order valence-corrected chi connectivity index (χ4v) is 2.07. The maximum Gasteiger partial charge on any atom is 0.120 e. The Morgan fingerprint density at radius 1 is 1.43 bits per heavy atom. The van der Waals surface area contributed by atoms with E-state index < -0.39 is 0 Å². The van der Waals surface area contributed by atoms with Crippen molar-refractivity contribution in [2.24, 2.45) is 5.73 Å². The van der Waals surface area contributed by atoms with Gasteiger partial charge in [-0.1, -0.05) is 34.7 Å². The van der Waals surface area contributed by atoms with Crippen molar-refractivity contribution < 1.29 is 4.74 Å². The van der Waals surface area contributed by atoms with E-state index in [0.29, 0.717) is 12.1 Å². The minimum Gasteiger partial charge on any atom is -0.490 e. The van der Waals surface area contributed by atoms with Crippen LogP contribution in [0, 0.1) is 0 Å². The van der Waals surface area contributed by atoms with Crippen molar-refractivity contribution in [2.75, 3.05) is 0 Å². The van der Waals surface area contributed by atoms with Gasteiger partial charge >= 0.3 is 0 Å². The number of ether oxygens (including phenoxy) is 1. The van der Waals surface area contributed by atoms with E-state index >= 15 is 0 Å². The summed E-state index contributed by atoms with van der Waals surface area (Å²) in [5, 5.41) is 0. The Balaban J connectivity index is 1.95. The summed E-state index contributed by atoms with van der Waals surface area (Å²) in [7, 11) is 0. The van der Waals surface area contributed by atoms with Crippen molar-refractivity contribution in [3.8, 4) is 5.75 Å². The average molecular weight is 303 g/mol. The molecule has 0 aliphatic heterocycles. The highest BCUT2D eigenvalue weighted by Gasteiger charge is 2.27. The minimum absolute atomic E-state index is 0.342. The predicted molar refractivity (Wildman–Crippen MR) is 65.8 cm³/mol. The number of hydrogen-bond donors (Lipinski definition) is 1. The molecule has 1 aliphatic rings. The molecule has 1 aliphatic carbocycles. The number of rotatable bonds is 3. The highest BCUT2D eigenvalue weighted by Crippen LogP contribution is 2.25. The van der Waals surface area contributed by atoms with Gasteiger partial charge in [0.2, 0.25) is 0 Å². The van der Waals surface area contributed by atoms with Gasteiger partial charge in [0.1, 0.15) is 11.9 Å². The number of alkyl halides is 1.